The van der Waals surface area contributed by atoms with Crippen LogP contribution in [-0.4, -0.2) is 64.4 Å². The number of oxazole rings is 1. The second-order valence-electron chi connectivity index (χ2n) is 8.83. The number of halogens is 1. The minimum absolute atomic E-state index is 0.00152. The minimum Gasteiger partial charge on any atom is -0.493 e. The summed E-state index contributed by atoms with van der Waals surface area (Å²) < 4.78 is 17.5. The number of hydrogen-bond donors (Lipinski definition) is 1. The third-order valence-electron chi connectivity index (χ3n) is 6.28. The van der Waals surface area contributed by atoms with Gasteiger partial charge in [0.05, 0.1) is 31.9 Å². The highest BCUT2D eigenvalue weighted by Gasteiger charge is 2.39. The average Bonchev–Trinajstić information content (AvgIpc) is 3.25. The summed E-state index contributed by atoms with van der Waals surface area (Å²) in [7, 11) is 1.54. The van der Waals surface area contributed by atoms with Crippen molar-refractivity contribution in [3.05, 3.63) is 52.6 Å². The number of carbonyl (C=O) groups is 1. The predicted octanol–water partition coefficient (Wildman–Crippen LogP) is 4.06. The maximum Gasteiger partial charge on any atom is 0.254 e. The van der Waals surface area contributed by atoms with E-state index in [0.717, 1.165) is 12.1 Å². The fraction of sp³-hybridized carbons (Fsp3) is 0.480. The van der Waals surface area contributed by atoms with Crippen LogP contribution in [0.2, 0.25) is 5.02 Å². The molecule has 3 heterocycles. The van der Waals surface area contributed by atoms with Gasteiger partial charge in [0.25, 0.3) is 5.91 Å². The summed E-state index contributed by atoms with van der Waals surface area (Å²) in [6.45, 7) is 4.80. The zero-order chi connectivity index (χ0) is 24.3. The Labute approximate surface area is 203 Å². The van der Waals surface area contributed by atoms with Crippen molar-refractivity contribution in [2.45, 2.75) is 51.2 Å². The number of methoxy groups -OCH3 is 1. The van der Waals surface area contributed by atoms with E-state index in [1.165, 1.54) is 0 Å². The molecule has 0 saturated carbocycles. The van der Waals surface area contributed by atoms with E-state index in [1.54, 1.807) is 31.5 Å². The molecule has 1 aromatic carbocycles. The predicted molar refractivity (Wildman–Crippen MR) is 128 cm³/mol. The summed E-state index contributed by atoms with van der Waals surface area (Å²) in [6.07, 6.45) is 4.06. The molecule has 3 aromatic rings. The maximum atomic E-state index is 13.6. The molecule has 1 aliphatic heterocycles. The molecule has 34 heavy (non-hydrogen) atoms. The van der Waals surface area contributed by atoms with Crippen LogP contribution in [0, 0.1) is 0 Å². The number of aliphatic hydroxyl groups excluding tert-OH is 1. The van der Waals surface area contributed by atoms with Crippen LogP contribution in [0.25, 0.3) is 11.1 Å². The number of amides is 1. The largest absolute Gasteiger partial charge is 0.493 e. The number of aliphatic hydroxyl groups is 1. The van der Waals surface area contributed by atoms with Crippen molar-refractivity contribution in [3.63, 3.8) is 0 Å². The van der Waals surface area contributed by atoms with E-state index in [9.17, 15) is 9.90 Å². The normalized spacial score (nSPS) is 20.6. The molecule has 1 saturated heterocycles. The Morgan fingerprint density at radius 3 is 2.88 bits per heavy atom. The molecule has 8 nitrogen and oxygen atoms in total. The quantitative estimate of drug-likeness (QED) is 0.511. The zero-order valence-electron chi connectivity index (χ0n) is 19.7. The molecule has 1 unspecified atom stereocenters. The van der Waals surface area contributed by atoms with Crippen molar-refractivity contribution in [1.82, 2.24) is 14.9 Å². The van der Waals surface area contributed by atoms with Gasteiger partial charge in [-0.2, -0.15) is 0 Å². The number of nitrogens with zero attached hydrogens (tertiary/aromatic N) is 3. The van der Waals surface area contributed by atoms with E-state index in [0.29, 0.717) is 65.7 Å². The summed E-state index contributed by atoms with van der Waals surface area (Å²) in [6, 6.07) is 6.95. The summed E-state index contributed by atoms with van der Waals surface area (Å²) in [5.41, 5.74) is 1.82. The second kappa shape index (κ2) is 10.3. The van der Waals surface area contributed by atoms with Crippen molar-refractivity contribution >= 4 is 28.6 Å². The highest BCUT2D eigenvalue weighted by molar-refractivity contribution is 6.30. The number of rotatable bonds is 8. The summed E-state index contributed by atoms with van der Waals surface area (Å²) in [4.78, 5) is 24.4. The summed E-state index contributed by atoms with van der Waals surface area (Å²) in [5, 5.41) is 10.1. The zero-order valence-corrected chi connectivity index (χ0v) is 20.5. The lowest BCUT2D eigenvalue weighted by molar-refractivity contribution is -0.121. The Balaban J connectivity index is 1.60. The van der Waals surface area contributed by atoms with Gasteiger partial charge in [0.15, 0.2) is 17.2 Å². The molecule has 182 valence electrons. The van der Waals surface area contributed by atoms with Crippen LogP contribution in [0.4, 0.5) is 0 Å². The Morgan fingerprint density at radius 1 is 1.35 bits per heavy atom. The summed E-state index contributed by atoms with van der Waals surface area (Å²) >= 11 is 6.05. The number of benzene rings is 1. The Bertz CT molecular complexity index is 1170. The van der Waals surface area contributed by atoms with Gasteiger partial charge in [0.1, 0.15) is 5.52 Å². The van der Waals surface area contributed by atoms with Gasteiger partial charge in [-0.1, -0.05) is 18.5 Å². The van der Waals surface area contributed by atoms with Gasteiger partial charge in [-0.25, -0.2) is 4.98 Å². The monoisotopic (exact) mass is 487 g/mol. The van der Waals surface area contributed by atoms with Crippen molar-refractivity contribution in [2.24, 2.45) is 0 Å². The van der Waals surface area contributed by atoms with Gasteiger partial charge in [-0.05, 0) is 44.0 Å². The van der Waals surface area contributed by atoms with Crippen LogP contribution in [0.5, 0.6) is 5.75 Å². The Kier molecular flexibility index (Phi) is 7.40. The van der Waals surface area contributed by atoms with E-state index in [-0.39, 0.29) is 18.6 Å². The van der Waals surface area contributed by atoms with E-state index in [1.807, 2.05) is 24.8 Å². The van der Waals surface area contributed by atoms with Crippen LogP contribution in [0.1, 0.15) is 48.6 Å². The highest BCUT2D eigenvalue weighted by Crippen LogP contribution is 2.32. The first-order valence-corrected chi connectivity index (χ1v) is 11.9. The smallest absolute Gasteiger partial charge is 0.254 e. The van der Waals surface area contributed by atoms with Crippen LogP contribution >= 0.6 is 11.6 Å². The van der Waals surface area contributed by atoms with Crippen molar-refractivity contribution in [1.29, 1.82) is 0 Å². The maximum absolute atomic E-state index is 13.6. The molecule has 2 atom stereocenters. The van der Waals surface area contributed by atoms with Gasteiger partial charge >= 0.3 is 0 Å². The highest BCUT2D eigenvalue weighted by atomic mass is 35.5. The number of pyridine rings is 1. The molecular formula is C25H30ClN3O5. The van der Waals surface area contributed by atoms with Crippen LogP contribution < -0.4 is 4.74 Å². The molecule has 1 fully saturated rings. The molecule has 1 amide bonds. The van der Waals surface area contributed by atoms with Gasteiger partial charge in [0, 0.05) is 41.9 Å². The minimum atomic E-state index is -0.584. The van der Waals surface area contributed by atoms with Gasteiger partial charge < -0.3 is 23.9 Å². The van der Waals surface area contributed by atoms with Crippen molar-refractivity contribution in [3.8, 4) is 5.75 Å². The van der Waals surface area contributed by atoms with E-state index in [4.69, 9.17) is 25.5 Å². The van der Waals surface area contributed by atoms with Crippen molar-refractivity contribution < 1.29 is 23.8 Å². The van der Waals surface area contributed by atoms with Crippen molar-refractivity contribution in [2.75, 3.05) is 26.9 Å². The number of ether oxygens (including phenoxy) is 2. The molecule has 0 radical (unpaired) electrons. The average molecular weight is 488 g/mol. The number of carbonyl (C=O) groups excluding carboxylic acids is 1. The van der Waals surface area contributed by atoms with Gasteiger partial charge in [-0.3, -0.25) is 9.78 Å². The fourth-order valence-corrected chi connectivity index (χ4v) is 4.48. The first kappa shape index (κ1) is 24.4. The first-order chi connectivity index (χ1) is 16.4. The number of hydrogen-bond acceptors (Lipinski definition) is 7. The molecule has 0 aliphatic carbocycles. The third-order valence-corrected chi connectivity index (χ3v) is 6.52. The molecule has 1 N–H and O–H groups in total. The molecule has 9 heteroatoms. The van der Waals surface area contributed by atoms with E-state index >= 15 is 0 Å². The number of morpholine rings is 1. The SMILES string of the molecule is CC[C@@H]1COC(C)(CCO)CN1C(=O)c1cc(OC)c2oc(CCc3cc(Cl)ccn3)nc2c1. The topological polar surface area (TPSA) is 97.9 Å². The number of aromatic nitrogens is 2. The molecule has 1 aliphatic rings. The lowest BCUT2D eigenvalue weighted by Gasteiger charge is -2.45. The van der Waals surface area contributed by atoms with Gasteiger partial charge in [0.2, 0.25) is 0 Å². The number of fused-ring (bicyclic) bond motifs is 1. The standard InChI is InChI=1S/C25H30ClN3O5/c1-4-19-14-33-25(2,8-10-30)15-29(19)24(31)16-11-20-23(21(12-16)32-3)34-22(28-20)6-5-18-13-17(26)7-9-27-18/h7,9,11-13,19,30H,4-6,8,10,14-15H2,1-3H3/t19-,25?/m1/s1. The molecule has 2 aromatic heterocycles. The Hall–Kier alpha value is -2.68. The van der Waals surface area contributed by atoms with E-state index in [2.05, 4.69) is 9.97 Å². The van der Waals surface area contributed by atoms with Crippen LogP contribution in [-0.2, 0) is 17.6 Å². The molecule has 4 rings (SSSR count). The second-order valence-corrected chi connectivity index (χ2v) is 9.27. The third kappa shape index (κ3) is 5.19. The van der Waals surface area contributed by atoms with Crippen LogP contribution in [0.15, 0.2) is 34.9 Å². The fourth-order valence-electron chi connectivity index (χ4n) is 4.30. The molecular weight excluding hydrogens is 458 g/mol. The first-order valence-electron chi connectivity index (χ1n) is 11.5. The van der Waals surface area contributed by atoms with E-state index < -0.39 is 5.60 Å². The summed E-state index contributed by atoms with van der Waals surface area (Å²) in [5.74, 6) is 0.875. The van der Waals surface area contributed by atoms with Gasteiger partial charge in [-0.15, -0.1) is 0 Å². The lowest BCUT2D eigenvalue weighted by atomic mass is 9.96. The molecule has 0 bridgehead atoms. The molecule has 0 spiro atoms. The van der Waals surface area contributed by atoms with Crippen LogP contribution in [0.3, 0.4) is 0 Å². The Morgan fingerprint density at radius 2 is 2.18 bits per heavy atom. The number of aryl methyl sites for hydroxylation is 2. The lowest BCUT2D eigenvalue weighted by Crippen LogP contribution is -2.57.